The molecule has 0 bridgehead atoms. The van der Waals surface area contributed by atoms with Crippen LogP contribution in [0, 0.1) is 0 Å². The van der Waals surface area contributed by atoms with Gasteiger partial charge in [-0.2, -0.15) is 0 Å². The molecule has 0 amide bonds. The van der Waals surface area contributed by atoms with Crippen LogP contribution in [-0.4, -0.2) is 24.2 Å². The lowest BCUT2D eigenvalue weighted by Crippen LogP contribution is -2.02. The van der Waals surface area contributed by atoms with Gasteiger partial charge in [0.05, 0.1) is 18.9 Å². The summed E-state index contributed by atoms with van der Waals surface area (Å²) in [6.07, 6.45) is 1.41. The molecule has 20 heavy (non-hydrogen) atoms. The molecule has 2 rings (SSSR count). The summed E-state index contributed by atoms with van der Waals surface area (Å²) in [5, 5.41) is 9.10. The lowest BCUT2D eigenvalue weighted by atomic mass is 10.2. The van der Waals surface area contributed by atoms with E-state index in [2.05, 4.69) is 4.74 Å². The fourth-order valence-electron chi connectivity index (χ4n) is 1.65. The first-order valence-corrected chi connectivity index (χ1v) is 6.72. The Balaban J connectivity index is 2.16. The van der Waals surface area contributed by atoms with Gasteiger partial charge in [-0.05, 0) is 18.2 Å². The first kappa shape index (κ1) is 14.2. The van der Waals surface area contributed by atoms with Gasteiger partial charge < -0.3 is 14.3 Å². The van der Waals surface area contributed by atoms with Gasteiger partial charge in [-0.3, -0.25) is 0 Å². The highest BCUT2D eigenvalue weighted by atomic mass is 32.2. The van der Waals surface area contributed by atoms with E-state index in [1.54, 1.807) is 30.3 Å². The molecule has 6 heteroatoms. The van der Waals surface area contributed by atoms with Crippen LogP contribution in [0.5, 0.6) is 0 Å². The standard InChI is InChI=1S/C14H12O5S/c1-18-14(17)12-9(6-7-19-12)8-20-11-5-3-2-4-10(11)13(15)16/h2-7H,8H2,1H3,(H,15,16). The lowest BCUT2D eigenvalue weighted by Gasteiger charge is -2.05. The van der Waals surface area contributed by atoms with Crippen molar-refractivity contribution in [3.05, 3.63) is 53.5 Å². The molecule has 1 N–H and O–H groups in total. The summed E-state index contributed by atoms with van der Waals surface area (Å²) in [4.78, 5) is 23.2. The minimum absolute atomic E-state index is 0.146. The Morgan fingerprint density at radius 2 is 2.05 bits per heavy atom. The van der Waals surface area contributed by atoms with Gasteiger partial charge in [0.1, 0.15) is 0 Å². The first-order chi connectivity index (χ1) is 9.63. The molecule has 0 spiro atoms. The zero-order valence-corrected chi connectivity index (χ0v) is 11.5. The van der Waals surface area contributed by atoms with E-state index in [0.717, 1.165) is 0 Å². The van der Waals surface area contributed by atoms with Gasteiger partial charge in [0.25, 0.3) is 0 Å². The van der Waals surface area contributed by atoms with E-state index >= 15 is 0 Å². The van der Waals surface area contributed by atoms with Crippen LogP contribution in [-0.2, 0) is 10.5 Å². The third-order valence-corrected chi connectivity index (χ3v) is 3.74. The number of methoxy groups -OCH3 is 1. The van der Waals surface area contributed by atoms with Crippen molar-refractivity contribution >= 4 is 23.7 Å². The van der Waals surface area contributed by atoms with Crippen molar-refractivity contribution in [3.8, 4) is 0 Å². The second-order valence-electron chi connectivity index (χ2n) is 3.86. The smallest absolute Gasteiger partial charge is 0.374 e. The summed E-state index contributed by atoms with van der Waals surface area (Å²) in [5.41, 5.74) is 0.905. The molecule has 0 saturated heterocycles. The topological polar surface area (TPSA) is 76.7 Å². The summed E-state index contributed by atoms with van der Waals surface area (Å²) in [6, 6.07) is 8.38. The molecule has 0 fully saturated rings. The molecule has 0 saturated carbocycles. The molecule has 0 aliphatic rings. The minimum Gasteiger partial charge on any atom is -0.478 e. The number of esters is 1. The number of hydrogen-bond acceptors (Lipinski definition) is 5. The summed E-state index contributed by atoms with van der Waals surface area (Å²) < 4.78 is 9.69. The number of aromatic carboxylic acids is 1. The molecule has 104 valence electrons. The highest BCUT2D eigenvalue weighted by Gasteiger charge is 2.17. The Bertz CT molecular complexity index is 632. The van der Waals surface area contributed by atoms with Crippen LogP contribution in [0.15, 0.2) is 45.9 Å². The number of hydrogen-bond donors (Lipinski definition) is 1. The molecule has 0 aliphatic heterocycles. The maximum atomic E-state index is 11.5. The molecular formula is C14H12O5S. The van der Waals surface area contributed by atoms with E-state index in [4.69, 9.17) is 9.52 Å². The first-order valence-electron chi connectivity index (χ1n) is 5.73. The SMILES string of the molecule is COC(=O)c1occc1CSc1ccccc1C(=O)O. The molecule has 0 atom stereocenters. The van der Waals surface area contributed by atoms with Crippen molar-refractivity contribution in [2.45, 2.75) is 10.6 Å². The van der Waals surface area contributed by atoms with Gasteiger partial charge in [-0.25, -0.2) is 9.59 Å². The Morgan fingerprint density at radius 1 is 1.30 bits per heavy atom. The number of carbonyl (C=O) groups excluding carboxylic acids is 1. The molecule has 1 heterocycles. The second kappa shape index (κ2) is 6.29. The molecule has 0 unspecified atom stereocenters. The predicted octanol–water partition coefficient (Wildman–Crippen LogP) is 3.06. The fourth-order valence-corrected chi connectivity index (χ4v) is 2.67. The van der Waals surface area contributed by atoms with E-state index in [1.807, 2.05) is 0 Å². The van der Waals surface area contributed by atoms with Gasteiger partial charge in [0, 0.05) is 16.2 Å². The number of furan rings is 1. The Labute approximate surface area is 119 Å². The summed E-state index contributed by atoms with van der Waals surface area (Å²) >= 11 is 1.33. The quantitative estimate of drug-likeness (QED) is 0.674. The maximum absolute atomic E-state index is 11.5. The van der Waals surface area contributed by atoms with E-state index in [0.29, 0.717) is 16.2 Å². The number of ether oxygens (including phenoxy) is 1. The number of carboxylic acids is 1. The number of thioether (sulfide) groups is 1. The molecule has 1 aromatic carbocycles. The van der Waals surface area contributed by atoms with E-state index in [9.17, 15) is 9.59 Å². The maximum Gasteiger partial charge on any atom is 0.374 e. The summed E-state index contributed by atoms with van der Waals surface area (Å²) in [6.45, 7) is 0. The summed E-state index contributed by atoms with van der Waals surface area (Å²) in [5.74, 6) is -0.955. The normalized spacial score (nSPS) is 10.2. The zero-order chi connectivity index (χ0) is 14.5. The zero-order valence-electron chi connectivity index (χ0n) is 10.7. The van der Waals surface area contributed by atoms with E-state index in [1.165, 1.54) is 25.1 Å². The van der Waals surface area contributed by atoms with Crippen LogP contribution < -0.4 is 0 Å². The monoisotopic (exact) mass is 292 g/mol. The number of rotatable bonds is 5. The fraction of sp³-hybridized carbons (Fsp3) is 0.143. The number of benzene rings is 1. The van der Waals surface area contributed by atoms with Crippen LogP contribution in [0.4, 0.5) is 0 Å². The van der Waals surface area contributed by atoms with Gasteiger partial charge in [0.2, 0.25) is 5.76 Å². The van der Waals surface area contributed by atoms with Crippen LogP contribution in [0.25, 0.3) is 0 Å². The minimum atomic E-state index is -0.978. The number of carboxylic acid groups (broad SMARTS) is 1. The van der Waals surface area contributed by atoms with Crippen LogP contribution in [0.2, 0.25) is 0 Å². The van der Waals surface area contributed by atoms with Gasteiger partial charge in [0.15, 0.2) is 0 Å². The Kier molecular flexibility index (Phi) is 4.47. The molecule has 0 radical (unpaired) electrons. The van der Waals surface area contributed by atoms with E-state index in [-0.39, 0.29) is 11.3 Å². The van der Waals surface area contributed by atoms with Crippen LogP contribution in [0.1, 0.15) is 26.5 Å². The second-order valence-corrected chi connectivity index (χ2v) is 4.87. The molecule has 5 nitrogen and oxygen atoms in total. The number of carbonyl (C=O) groups is 2. The van der Waals surface area contributed by atoms with Crippen LogP contribution in [0.3, 0.4) is 0 Å². The average molecular weight is 292 g/mol. The predicted molar refractivity (Wildman–Crippen MR) is 73.0 cm³/mol. The van der Waals surface area contributed by atoms with Crippen molar-refractivity contribution in [2.75, 3.05) is 7.11 Å². The van der Waals surface area contributed by atoms with Gasteiger partial charge in [-0.15, -0.1) is 11.8 Å². The highest BCUT2D eigenvalue weighted by molar-refractivity contribution is 7.98. The third-order valence-electron chi connectivity index (χ3n) is 2.62. The highest BCUT2D eigenvalue weighted by Crippen LogP contribution is 2.28. The largest absolute Gasteiger partial charge is 0.478 e. The van der Waals surface area contributed by atoms with Crippen molar-refractivity contribution in [3.63, 3.8) is 0 Å². The van der Waals surface area contributed by atoms with Gasteiger partial charge in [-0.1, -0.05) is 12.1 Å². The lowest BCUT2D eigenvalue weighted by molar-refractivity contribution is 0.0563. The van der Waals surface area contributed by atoms with Crippen molar-refractivity contribution < 1.29 is 23.8 Å². The molecule has 0 aliphatic carbocycles. The van der Waals surface area contributed by atoms with E-state index < -0.39 is 11.9 Å². The molecule has 1 aromatic heterocycles. The van der Waals surface area contributed by atoms with Crippen LogP contribution >= 0.6 is 11.8 Å². The van der Waals surface area contributed by atoms with Crippen molar-refractivity contribution in [2.24, 2.45) is 0 Å². The summed E-state index contributed by atoms with van der Waals surface area (Å²) in [7, 11) is 1.28. The Hall–Kier alpha value is -2.21. The van der Waals surface area contributed by atoms with Gasteiger partial charge >= 0.3 is 11.9 Å². The van der Waals surface area contributed by atoms with Crippen molar-refractivity contribution in [1.82, 2.24) is 0 Å². The molecular weight excluding hydrogens is 280 g/mol. The van der Waals surface area contributed by atoms with Crippen molar-refractivity contribution in [1.29, 1.82) is 0 Å². The molecule has 2 aromatic rings. The third kappa shape index (κ3) is 3.03. The average Bonchev–Trinajstić information content (AvgIpc) is 2.92. The Morgan fingerprint density at radius 3 is 2.75 bits per heavy atom.